The van der Waals surface area contributed by atoms with E-state index in [0.29, 0.717) is 5.75 Å². The second kappa shape index (κ2) is 5.96. The molecule has 1 aliphatic rings. The van der Waals surface area contributed by atoms with Crippen molar-refractivity contribution in [2.24, 2.45) is 0 Å². The van der Waals surface area contributed by atoms with Gasteiger partial charge in [-0.1, -0.05) is 28.1 Å². The zero-order valence-corrected chi connectivity index (χ0v) is 12.8. The summed E-state index contributed by atoms with van der Waals surface area (Å²) in [5, 5.41) is 9.06. The number of nitrogens with zero attached hydrogens (tertiary/aromatic N) is 1. The molecule has 0 radical (unpaired) electrons. The maximum atomic E-state index is 12.3. The number of carbonyl (C=O) groups excluding carboxylic acids is 1. The molecule has 0 aliphatic carbocycles. The molecule has 4 nitrogen and oxygen atoms in total. The summed E-state index contributed by atoms with van der Waals surface area (Å²) in [4.78, 5) is 24.9. The van der Waals surface area contributed by atoms with Gasteiger partial charge < -0.3 is 10.0 Å². The van der Waals surface area contributed by atoms with Gasteiger partial charge in [0.1, 0.15) is 6.04 Å². The number of aliphatic carboxylic acids is 1. The number of carboxylic acids is 1. The first-order chi connectivity index (χ1) is 8.99. The summed E-state index contributed by atoms with van der Waals surface area (Å²) >= 11 is 4.84. The van der Waals surface area contributed by atoms with Gasteiger partial charge in [0.05, 0.1) is 11.8 Å². The molecule has 0 saturated carbocycles. The SMILES string of the molecule is CC1SCC(C(=O)O)N1C(=O)Cc1ccc(Br)cc1. The number of carboxylic acid groups (broad SMARTS) is 1. The smallest absolute Gasteiger partial charge is 0.327 e. The maximum absolute atomic E-state index is 12.3. The van der Waals surface area contributed by atoms with E-state index < -0.39 is 12.0 Å². The monoisotopic (exact) mass is 343 g/mol. The van der Waals surface area contributed by atoms with Crippen LogP contribution in [0.15, 0.2) is 28.7 Å². The van der Waals surface area contributed by atoms with Crippen LogP contribution >= 0.6 is 27.7 Å². The van der Waals surface area contributed by atoms with Crippen molar-refractivity contribution in [3.8, 4) is 0 Å². The molecule has 1 aliphatic heterocycles. The second-order valence-corrected chi connectivity index (χ2v) is 6.66. The van der Waals surface area contributed by atoms with Crippen molar-refractivity contribution in [2.75, 3.05) is 5.75 Å². The topological polar surface area (TPSA) is 57.6 Å². The zero-order chi connectivity index (χ0) is 14.0. The third-order valence-corrected chi connectivity index (χ3v) is 4.81. The predicted molar refractivity (Wildman–Crippen MR) is 78.0 cm³/mol. The number of carbonyl (C=O) groups is 2. The van der Waals surface area contributed by atoms with Crippen LogP contribution < -0.4 is 0 Å². The van der Waals surface area contributed by atoms with Gasteiger partial charge in [-0.25, -0.2) is 4.79 Å². The lowest BCUT2D eigenvalue weighted by Gasteiger charge is -2.25. The maximum Gasteiger partial charge on any atom is 0.327 e. The summed E-state index contributed by atoms with van der Waals surface area (Å²) in [6, 6.07) is 6.78. The van der Waals surface area contributed by atoms with E-state index in [9.17, 15) is 9.59 Å². The van der Waals surface area contributed by atoms with Gasteiger partial charge in [0, 0.05) is 10.2 Å². The molecule has 0 aromatic heterocycles. The fourth-order valence-electron chi connectivity index (χ4n) is 2.08. The zero-order valence-electron chi connectivity index (χ0n) is 10.4. The first kappa shape index (κ1) is 14.4. The minimum atomic E-state index is -0.930. The van der Waals surface area contributed by atoms with Crippen LogP contribution in [0.3, 0.4) is 0 Å². The van der Waals surface area contributed by atoms with E-state index in [0.717, 1.165) is 10.0 Å². The number of rotatable bonds is 3. The van der Waals surface area contributed by atoms with E-state index in [2.05, 4.69) is 15.9 Å². The molecule has 1 N–H and O–H groups in total. The quantitative estimate of drug-likeness (QED) is 0.915. The van der Waals surface area contributed by atoms with Crippen LogP contribution in [0.2, 0.25) is 0 Å². The van der Waals surface area contributed by atoms with Crippen LogP contribution in [-0.2, 0) is 16.0 Å². The molecule has 0 bridgehead atoms. The molecule has 1 aromatic rings. The van der Waals surface area contributed by atoms with Gasteiger partial charge in [0.2, 0.25) is 5.91 Å². The van der Waals surface area contributed by atoms with Crippen molar-refractivity contribution in [1.82, 2.24) is 4.90 Å². The molecular weight excluding hydrogens is 330 g/mol. The van der Waals surface area contributed by atoms with Crippen LogP contribution in [0.1, 0.15) is 12.5 Å². The summed E-state index contributed by atoms with van der Waals surface area (Å²) in [7, 11) is 0. The first-order valence-electron chi connectivity index (χ1n) is 5.89. The predicted octanol–water partition coefficient (Wildman–Crippen LogP) is 2.37. The molecule has 2 atom stereocenters. The van der Waals surface area contributed by atoms with E-state index in [1.807, 2.05) is 31.2 Å². The Bertz CT molecular complexity index is 491. The third kappa shape index (κ3) is 3.30. The van der Waals surface area contributed by atoms with E-state index in [1.165, 1.54) is 16.7 Å². The lowest BCUT2D eigenvalue weighted by molar-refractivity contribution is -0.148. The molecule has 6 heteroatoms. The lowest BCUT2D eigenvalue weighted by Crippen LogP contribution is -2.45. The Hall–Kier alpha value is -1.01. The minimum absolute atomic E-state index is 0.0796. The largest absolute Gasteiger partial charge is 0.480 e. The van der Waals surface area contributed by atoms with Crippen molar-refractivity contribution >= 4 is 39.6 Å². The summed E-state index contributed by atoms with van der Waals surface area (Å²) in [5.41, 5.74) is 0.890. The molecule has 1 fully saturated rings. The molecule has 1 amide bonds. The van der Waals surface area contributed by atoms with E-state index in [4.69, 9.17) is 5.11 Å². The Labute approximate surface area is 124 Å². The molecule has 1 aromatic carbocycles. The average molecular weight is 344 g/mol. The Balaban J connectivity index is 2.10. The van der Waals surface area contributed by atoms with Gasteiger partial charge in [0.15, 0.2) is 0 Å². The Kier molecular flexibility index (Phi) is 4.52. The minimum Gasteiger partial charge on any atom is -0.480 e. The fourth-order valence-corrected chi connectivity index (χ4v) is 3.53. The number of amides is 1. The number of benzene rings is 1. The summed E-state index contributed by atoms with van der Waals surface area (Å²) in [5.74, 6) is -0.601. The van der Waals surface area contributed by atoms with Gasteiger partial charge in [0.25, 0.3) is 0 Å². The lowest BCUT2D eigenvalue weighted by atomic mass is 10.1. The van der Waals surface area contributed by atoms with Crippen molar-refractivity contribution in [3.63, 3.8) is 0 Å². The van der Waals surface area contributed by atoms with Gasteiger partial charge in [-0.05, 0) is 24.6 Å². The number of hydrogen-bond acceptors (Lipinski definition) is 3. The molecule has 1 saturated heterocycles. The van der Waals surface area contributed by atoms with Crippen LogP contribution in [0.4, 0.5) is 0 Å². The molecule has 2 unspecified atom stereocenters. The van der Waals surface area contributed by atoms with Gasteiger partial charge in [-0.2, -0.15) is 0 Å². The Morgan fingerprint density at radius 3 is 2.63 bits per heavy atom. The standard InChI is InChI=1S/C13H14BrNO3S/c1-8-15(11(7-19-8)13(17)18)12(16)6-9-2-4-10(14)5-3-9/h2-5,8,11H,6-7H2,1H3,(H,17,18). The fraction of sp³-hybridized carbons (Fsp3) is 0.385. The second-order valence-electron chi connectivity index (χ2n) is 4.39. The normalized spacial score (nSPS) is 22.5. The number of thioether (sulfide) groups is 1. The molecule has 1 heterocycles. The van der Waals surface area contributed by atoms with Gasteiger partial charge in [-0.15, -0.1) is 11.8 Å². The third-order valence-electron chi connectivity index (χ3n) is 3.06. The Morgan fingerprint density at radius 1 is 1.42 bits per heavy atom. The highest BCUT2D eigenvalue weighted by Crippen LogP contribution is 2.29. The molecule has 19 heavy (non-hydrogen) atoms. The highest BCUT2D eigenvalue weighted by molar-refractivity contribution is 9.10. The molecular formula is C13H14BrNO3S. The first-order valence-corrected chi connectivity index (χ1v) is 7.73. The van der Waals surface area contributed by atoms with Crippen molar-refractivity contribution in [2.45, 2.75) is 24.8 Å². The van der Waals surface area contributed by atoms with E-state index in [-0.39, 0.29) is 17.7 Å². The molecule has 102 valence electrons. The van der Waals surface area contributed by atoms with Crippen molar-refractivity contribution < 1.29 is 14.7 Å². The Morgan fingerprint density at radius 2 is 2.05 bits per heavy atom. The summed E-state index contributed by atoms with van der Waals surface area (Å²) in [6.07, 6.45) is 0.238. The average Bonchev–Trinajstić information content (AvgIpc) is 2.74. The van der Waals surface area contributed by atoms with E-state index >= 15 is 0 Å². The van der Waals surface area contributed by atoms with Gasteiger partial charge >= 0.3 is 5.97 Å². The van der Waals surface area contributed by atoms with Crippen molar-refractivity contribution in [3.05, 3.63) is 34.3 Å². The highest BCUT2D eigenvalue weighted by atomic mass is 79.9. The highest BCUT2D eigenvalue weighted by Gasteiger charge is 2.39. The summed E-state index contributed by atoms with van der Waals surface area (Å²) < 4.78 is 0.956. The van der Waals surface area contributed by atoms with Crippen LogP contribution in [0.5, 0.6) is 0 Å². The van der Waals surface area contributed by atoms with Crippen LogP contribution in [0.25, 0.3) is 0 Å². The molecule has 0 spiro atoms. The van der Waals surface area contributed by atoms with E-state index in [1.54, 1.807) is 0 Å². The summed E-state index contributed by atoms with van der Waals surface area (Å²) in [6.45, 7) is 1.87. The van der Waals surface area contributed by atoms with Crippen LogP contribution in [-0.4, -0.2) is 39.1 Å². The number of halogens is 1. The number of hydrogen-bond donors (Lipinski definition) is 1. The molecule has 2 rings (SSSR count). The van der Waals surface area contributed by atoms with Crippen LogP contribution in [0, 0.1) is 0 Å². The van der Waals surface area contributed by atoms with Crippen molar-refractivity contribution in [1.29, 1.82) is 0 Å². The van der Waals surface area contributed by atoms with Gasteiger partial charge in [-0.3, -0.25) is 4.79 Å².